The molecule has 0 saturated heterocycles. The molecule has 2 rings (SSSR count). The Morgan fingerprint density at radius 1 is 1.35 bits per heavy atom. The number of nitrogens with one attached hydrogen (secondary N) is 1. The van der Waals surface area contributed by atoms with Gasteiger partial charge in [-0.25, -0.2) is 0 Å². The average Bonchev–Trinajstić information content (AvgIpc) is 2.23. The minimum atomic E-state index is 0.148. The summed E-state index contributed by atoms with van der Waals surface area (Å²) in [6.07, 6.45) is 1.10. The molecule has 1 aromatic carbocycles. The van der Waals surface area contributed by atoms with E-state index in [-0.39, 0.29) is 12.1 Å². The lowest BCUT2D eigenvalue weighted by atomic mass is 9.96. The molecule has 4 heteroatoms. The molecule has 2 nitrogen and oxygen atoms in total. The van der Waals surface area contributed by atoms with Gasteiger partial charge < -0.3 is 10.1 Å². The van der Waals surface area contributed by atoms with E-state index in [0.29, 0.717) is 16.1 Å². The van der Waals surface area contributed by atoms with Crippen molar-refractivity contribution in [2.45, 2.75) is 45.4 Å². The van der Waals surface area contributed by atoms with Crippen LogP contribution in [0.25, 0.3) is 0 Å². The molecule has 0 spiro atoms. The Morgan fingerprint density at radius 3 is 2.71 bits per heavy atom. The highest BCUT2D eigenvalue weighted by molar-refractivity contribution is 6.43. The zero-order valence-corrected chi connectivity index (χ0v) is 11.8. The van der Waals surface area contributed by atoms with Gasteiger partial charge >= 0.3 is 0 Å². The van der Waals surface area contributed by atoms with E-state index in [1.54, 1.807) is 0 Å². The summed E-state index contributed by atoms with van der Waals surface area (Å²) in [5.74, 6) is 0.732. The van der Waals surface area contributed by atoms with Gasteiger partial charge in [-0.2, -0.15) is 0 Å². The van der Waals surface area contributed by atoms with E-state index >= 15 is 0 Å². The van der Waals surface area contributed by atoms with E-state index in [9.17, 15) is 0 Å². The fourth-order valence-electron chi connectivity index (χ4n) is 2.21. The first kappa shape index (κ1) is 13.0. The van der Waals surface area contributed by atoms with E-state index in [2.05, 4.69) is 26.1 Å². The van der Waals surface area contributed by atoms with Crippen molar-refractivity contribution in [3.05, 3.63) is 27.7 Å². The van der Waals surface area contributed by atoms with Crippen LogP contribution in [-0.2, 0) is 0 Å². The number of ether oxygens (including phenoxy) is 1. The molecule has 1 aliphatic heterocycles. The Balaban J connectivity index is 2.40. The fraction of sp³-hybridized carbons (Fsp3) is 0.538. The Morgan fingerprint density at radius 2 is 2.06 bits per heavy atom. The highest BCUT2D eigenvalue weighted by Gasteiger charge is 2.28. The zero-order valence-electron chi connectivity index (χ0n) is 10.3. The van der Waals surface area contributed by atoms with Crippen LogP contribution in [0.5, 0.6) is 5.75 Å². The molecule has 2 atom stereocenters. The van der Waals surface area contributed by atoms with E-state index < -0.39 is 0 Å². The third-order valence-corrected chi connectivity index (χ3v) is 3.66. The van der Waals surface area contributed by atoms with Gasteiger partial charge in [0, 0.05) is 24.1 Å². The molecule has 0 saturated carbocycles. The molecule has 17 heavy (non-hydrogen) atoms. The molecule has 2 unspecified atom stereocenters. The molecular weight excluding hydrogens is 257 g/mol. The molecule has 1 N–H and O–H groups in total. The third kappa shape index (κ3) is 2.70. The first-order valence-corrected chi connectivity index (χ1v) is 6.65. The monoisotopic (exact) mass is 273 g/mol. The van der Waals surface area contributed by atoms with Crippen molar-refractivity contribution in [1.29, 1.82) is 0 Å². The number of hydrogen-bond donors (Lipinski definition) is 1. The maximum absolute atomic E-state index is 6.19. The predicted molar refractivity (Wildman–Crippen MR) is 72.2 cm³/mol. The number of rotatable bonds is 2. The van der Waals surface area contributed by atoms with Crippen LogP contribution >= 0.6 is 23.2 Å². The summed E-state index contributed by atoms with van der Waals surface area (Å²) >= 11 is 12.2. The maximum Gasteiger partial charge on any atom is 0.144 e. The fourth-order valence-corrected chi connectivity index (χ4v) is 2.57. The minimum absolute atomic E-state index is 0.148. The van der Waals surface area contributed by atoms with E-state index in [0.717, 1.165) is 17.7 Å². The van der Waals surface area contributed by atoms with Crippen molar-refractivity contribution in [2.24, 2.45) is 0 Å². The lowest BCUT2D eigenvalue weighted by Crippen LogP contribution is -2.35. The average molecular weight is 274 g/mol. The van der Waals surface area contributed by atoms with Crippen LogP contribution < -0.4 is 10.1 Å². The Bertz CT molecular complexity index is 420. The molecule has 0 aliphatic carbocycles. The first-order valence-electron chi connectivity index (χ1n) is 5.89. The van der Waals surface area contributed by atoms with Gasteiger partial charge in [0.05, 0.1) is 11.1 Å². The van der Waals surface area contributed by atoms with Crippen LogP contribution in [0, 0.1) is 0 Å². The molecule has 0 fully saturated rings. The normalized spacial score (nSPS) is 23.4. The van der Waals surface area contributed by atoms with Gasteiger partial charge in [-0.15, -0.1) is 0 Å². The molecule has 0 bridgehead atoms. The lowest BCUT2D eigenvalue weighted by molar-refractivity contribution is 0.163. The molecule has 1 aliphatic rings. The van der Waals surface area contributed by atoms with E-state index in [1.807, 2.05) is 12.1 Å². The van der Waals surface area contributed by atoms with Crippen LogP contribution in [0.15, 0.2) is 12.1 Å². The maximum atomic E-state index is 6.19. The summed E-state index contributed by atoms with van der Waals surface area (Å²) in [5, 5.41) is 4.60. The second kappa shape index (κ2) is 5.05. The van der Waals surface area contributed by atoms with Crippen LogP contribution in [-0.4, -0.2) is 12.1 Å². The second-order valence-corrected chi connectivity index (χ2v) is 5.60. The van der Waals surface area contributed by atoms with Gasteiger partial charge in [-0.05, 0) is 13.0 Å². The highest BCUT2D eigenvalue weighted by atomic mass is 35.5. The summed E-state index contributed by atoms with van der Waals surface area (Å²) in [5.41, 5.74) is 1.10. The third-order valence-electron chi connectivity index (χ3n) is 2.88. The predicted octanol–water partition coefficient (Wildman–Crippen LogP) is 4.20. The minimum Gasteiger partial charge on any atom is -0.489 e. The van der Waals surface area contributed by atoms with Gasteiger partial charge in [-0.1, -0.05) is 43.1 Å². The molecule has 0 amide bonds. The van der Waals surface area contributed by atoms with Crippen molar-refractivity contribution < 1.29 is 4.74 Å². The summed E-state index contributed by atoms with van der Waals surface area (Å²) in [6, 6.07) is 4.53. The highest BCUT2D eigenvalue weighted by Crippen LogP contribution is 2.43. The molecule has 94 valence electrons. The summed E-state index contributed by atoms with van der Waals surface area (Å²) in [7, 11) is 0. The number of fused-ring (bicyclic) bond motifs is 1. The summed E-state index contributed by atoms with van der Waals surface area (Å²) in [6.45, 7) is 6.32. The van der Waals surface area contributed by atoms with Gasteiger partial charge in [0.2, 0.25) is 0 Å². The molecule has 1 aromatic rings. The first-order chi connectivity index (χ1) is 7.99. The van der Waals surface area contributed by atoms with Crippen molar-refractivity contribution in [3.63, 3.8) is 0 Å². The van der Waals surface area contributed by atoms with Crippen LogP contribution in [0.3, 0.4) is 0 Å². The molecule has 0 radical (unpaired) electrons. The molecular formula is C13H17Cl2NO. The SMILES string of the molecule is CC(C)NC1CC(C)Oc2c1ccc(Cl)c2Cl. The van der Waals surface area contributed by atoms with Gasteiger partial charge in [0.25, 0.3) is 0 Å². The topological polar surface area (TPSA) is 21.3 Å². The Hall–Kier alpha value is -0.440. The quantitative estimate of drug-likeness (QED) is 0.872. The molecule has 0 aromatic heterocycles. The van der Waals surface area contributed by atoms with Crippen molar-refractivity contribution in [1.82, 2.24) is 5.32 Å². The van der Waals surface area contributed by atoms with E-state index in [1.165, 1.54) is 0 Å². The Kier molecular flexibility index (Phi) is 3.86. The summed E-state index contributed by atoms with van der Waals surface area (Å²) < 4.78 is 5.80. The largest absolute Gasteiger partial charge is 0.489 e. The lowest BCUT2D eigenvalue weighted by Gasteiger charge is -2.33. The van der Waals surface area contributed by atoms with E-state index in [4.69, 9.17) is 27.9 Å². The Labute approximate surface area is 112 Å². The number of halogens is 2. The van der Waals surface area contributed by atoms with Gasteiger partial charge in [-0.3, -0.25) is 0 Å². The van der Waals surface area contributed by atoms with Crippen molar-refractivity contribution in [3.8, 4) is 5.75 Å². The molecule has 1 heterocycles. The van der Waals surface area contributed by atoms with Crippen molar-refractivity contribution >= 4 is 23.2 Å². The smallest absolute Gasteiger partial charge is 0.144 e. The number of benzene rings is 1. The second-order valence-electron chi connectivity index (χ2n) is 4.82. The van der Waals surface area contributed by atoms with Gasteiger partial charge in [0.1, 0.15) is 10.8 Å². The standard InChI is InChI=1S/C13H17Cl2NO/c1-7(2)16-11-6-8(3)17-13-9(11)4-5-10(14)12(13)15/h4-5,7-8,11,16H,6H2,1-3H3. The number of hydrogen-bond acceptors (Lipinski definition) is 2. The van der Waals surface area contributed by atoms with Gasteiger partial charge in [0.15, 0.2) is 0 Å². The van der Waals surface area contributed by atoms with Crippen LogP contribution in [0.1, 0.15) is 38.8 Å². The summed E-state index contributed by atoms with van der Waals surface area (Å²) in [4.78, 5) is 0. The van der Waals surface area contributed by atoms with Crippen molar-refractivity contribution in [2.75, 3.05) is 0 Å². The van der Waals surface area contributed by atoms with Crippen LogP contribution in [0.4, 0.5) is 0 Å². The zero-order chi connectivity index (χ0) is 12.6. The van der Waals surface area contributed by atoms with Crippen LogP contribution in [0.2, 0.25) is 10.0 Å².